The Morgan fingerprint density at radius 3 is 2.20 bits per heavy atom. The largest absolute Gasteiger partial charge is 0.461 e. The maximum atomic E-state index is 13.0. The Balaban J connectivity index is 3.20. The van der Waals surface area contributed by atoms with E-state index >= 15 is 0 Å². The third kappa shape index (κ3) is 4.30. The lowest BCUT2D eigenvalue weighted by atomic mass is 9.99. The summed E-state index contributed by atoms with van der Waals surface area (Å²) in [6, 6.07) is -0.596. The fraction of sp³-hybridized carbons (Fsp3) is 0.632. The molecule has 6 heteroatoms. The van der Waals surface area contributed by atoms with E-state index in [0.29, 0.717) is 28.9 Å². The van der Waals surface area contributed by atoms with Crippen molar-refractivity contribution in [3.05, 3.63) is 22.5 Å². The summed E-state index contributed by atoms with van der Waals surface area (Å²) in [5.74, 6) is -0.442. The van der Waals surface area contributed by atoms with Crippen molar-refractivity contribution in [3.8, 4) is 0 Å². The minimum atomic E-state index is -0.596. The van der Waals surface area contributed by atoms with Gasteiger partial charge in [-0.25, -0.2) is 4.79 Å². The van der Waals surface area contributed by atoms with E-state index in [1.54, 1.807) is 46.4 Å². The lowest BCUT2D eigenvalue weighted by molar-refractivity contribution is -0.131. The summed E-state index contributed by atoms with van der Waals surface area (Å²) in [4.78, 5) is 38.9. The molecule has 0 radical (unpaired) electrons. The van der Waals surface area contributed by atoms with Crippen molar-refractivity contribution in [1.82, 2.24) is 9.47 Å². The highest BCUT2D eigenvalue weighted by Gasteiger charge is 2.31. The average molecular weight is 350 g/mol. The minimum Gasteiger partial charge on any atom is -0.461 e. The van der Waals surface area contributed by atoms with Gasteiger partial charge < -0.3 is 14.2 Å². The monoisotopic (exact) mass is 350 g/mol. The molecule has 0 saturated heterocycles. The standard InChI is InChI=1S/C19H30N2O4/c1-9-25-19(24)17-12(4)16(13(5)21(17)8)18(23)14(6)20(7)15(22)10-11(2)3/h11,14H,9-10H2,1-8H3. The van der Waals surface area contributed by atoms with Crippen LogP contribution in [0.2, 0.25) is 0 Å². The number of rotatable bonds is 7. The van der Waals surface area contributed by atoms with E-state index in [0.717, 1.165) is 0 Å². The molecule has 0 fully saturated rings. The number of amides is 1. The number of hydrogen-bond acceptors (Lipinski definition) is 4. The van der Waals surface area contributed by atoms with Crippen LogP contribution < -0.4 is 0 Å². The van der Waals surface area contributed by atoms with Gasteiger partial charge in [0.2, 0.25) is 5.91 Å². The van der Waals surface area contributed by atoms with Crippen molar-refractivity contribution in [3.63, 3.8) is 0 Å². The fourth-order valence-corrected chi connectivity index (χ4v) is 2.92. The van der Waals surface area contributed by atoms with Gasteiger partial charge in [-0.3, -0.25) is 9.59 Å². The molecular formula is C19H30N2O4. The van der Waals surface area contributed by atoms with Crippen LogP contribution in [0.1, 0.15) is 66.2 Å². The van der Waals surface area contributed by atoms with E-state index in [9.17, 15) is 14.4 Å². The number of aromatic nitrogens is 1. The molecule has 1 rings (SSSR count). The number of esters is 1. The van der Waals surface area contributed by atoms with Crippen LogP contribution in [0.15, 0.2) is 0 Å². The highest BCUT2D eigenvalue weighted by molar-refractivity contribution is 6.06. The van der Waals surface area contributed by atoms with Gasteiger partial charge in [0.1, 0.15) is 5.69 Å². The summed E-state index contributed by atoms with van der Waals surface area (Å²) in [6.45, 7) is 11.2. The van der Waals surface area contributed by atoms with Crippen LogP contribution in [0.4, 0.5) is 0 Å². The van der Waals surface area contributed by atoms with E-state index in [-0.39, 0.29) is 24.2 Å². The third-order valence-corrected chi connectivity index (χ3v) is 4.58. The van der Waals surface area contributed by atoms with E-state index < -0.39 is 12.0 Å². The maximum absolute atomic E-state index is 13.0. The van der Waals surface area contributed by atoms with Gasteiger partial charge in [-0.2, -0.15) is 0 Å². The Kier molecular flexibility index (Phi) is 6.96. The fourth-order valence-electron chi connectivity index (χ4n) is 2.92. The summed E-state index contributed by atoms with van der Waals surface area (Å²) in [6.07, 6.45) is 0.398. The first-order valence-corrected chi connectivity index (χ1v) is 8.67. The molecule has 1 unspecified atom stereocenters. The summed E-state index contributed by atoms with van der Waals surface area (Å²) in [5, 5.41) is 0. The molecule has 1 heterocycles. The van der Waals surface area contributed by atoms with E-state index in [1.165, 1.54) is 4.90 Å². The summed E-state index contributed by atoms with van der Waals surface area (Å²) in [5.41, 5.74) is 2.16. The molecule has 0 aliphatic carbocycles. The number of likely N-dealkylation sites (N-methyl/N-ethyl adjacent to an activating group) is 1. The van der Waals surface area contributed by atoms with Crippen LogP contribution in [0.25, 0.3) is 0 Å². The Labute approximate surface area is 150 Å². The van der Waals surface area contributed by atoms with Gasteiger partial charge >= 0.3 is 5.97 Å². The first-order chi connectivity index (χ1) is 11.5. The zero-order valence-electron chi connectivity index (χ0n) is 16.6. The van der Waals surface area contributed by atoms with Crippen LogP contribution >= 0.6 is 0 Å². The van der Waals surface area contributed by atoms with Gasteiger partial charge in [0.15, 0.2) is 5.78 Å². The molecule has 0 aliphatic heterocycles. The van der Waals surface area contributed by atoms with Crippen molar-refractivity contribution in [2.45, 2.75) is 54.0 Å². The number of carbonyl (C=O) groups excluding carboxylic acids is 3. The number of ether oxygens (including phenoxy) is 1. The average Bonchev–Trinajstić information content (AvgIpc) is 2.74. The van der Waals surface area contributed by atoms with Crippen molar-refractivity contribution in [2.24, 2.45) is 13.0 Å². The van der Waals surface area contributed by atoms with Gasteiger partial charge in [0.25, 0.3) is 0 Å². The lowest BCUT2D eigenvalue weighted by Gasteiger charge is -2.25. The van der Waals surface area contributed by atoms with Crippen LogP contribution in [-0.2, 0) is 16.6 Å². The Morgan fingerprint density at radius 1 is 1.16 bits per heavy atom. The normalized spacial score (nSPS) is 12.2. The first kappa shape index (κ1) is 20.9. The Bertz CT molecular complexity index is 673. The molecule has 1 amide bonds. The number of Topliss-reactive ketones (excluding diaryl/α,β-unsaturated/α-hetero) is 1. The Morgan fingerprint density at radius 2 is 1.72 bits per heavy atom. The molecular weight excluding hydrogens is 320 g/mol. The van der Waals surface area contributed by atoms with E-state index in [4.69, 9.17) is 4.74 Å². The van der Waals surface area contributed by atoms with Crippen molar-refractivity contribution >= 4 is 17.7 Å². The summed E-state index contributed by atoms with van der Waals surface area (Å²) >= 11 is 0. The smallest absolute Gasteiger partial charge is 0.355 e. The SMILES string of the molecule is CCOC(=O)c1c(C)c(C(=O)C(C)N(C)C(=O)CC(C)C)c(C)n1C. The first-order valence-electron chi connectivity index (χ1n) is 8.67. The molecule has 0 bridgehead atoms. The number of carbonyl (C=O) groups is 3. The maximum Gasteiger partial charge on any atom is 0.355 e. The van der Waals surface area contributed by atoms with Crippen molar-refractivity contribution < 1.29 is 19.1 Å². The molecule has 140 valence electrons. The molecule has 0 N–H and O–H groups in total. The molecule has 0 saturated carbocycles. The minimum absolute atomic E-state index is 0.0623. The molecule has 1 atom stereocenters. The summed E-state index contributed by atoms with van der Waals surface area (Å²) < 4.78 is 6.78. The molecule has 6 nitrogen and oxygen atoms in total. The second-order valence-electron chi connectivity index (χ2n) is 6.86. The predicted molar refractivity (Wildman–Crippen MR) is 96.9 cm³/mol. The molecule has 0 aliphatic rings. The van der Waals surface area contributed by atoms with Crippen LogP contribution in [0, 0.1) is 19.8 Å². The molecule has 0 aromatic carbocycles. The topological polar surface area (TPSA) is 68.6 Å². The summed E-state index contributed by atoms with van der Waals surface area (Å²) in [7, 11) is 3.39. The highest BCUT2D eigenvalue weighted by atomic mass is 16.5. The van der Waals surface area contributed by atoms with Crippen LogP contribution in [0.3, 0.4) is 0 Å². The molecule has 0 spiro atoms. The lowest BCUT2D eigenvalue weighted by Crippen LogP contribution is -2.41. The second-order valence-corrected chi connectivity index (χ2v) is 6.86. The van der Waals surface area contributed by atoms with E-state index in [2.05, 4.69) is 0 Å². The zero-order valence-corrected chi connectivity index (χ0v) is 16.6. The van der Waals surface area contributed by atoms with Gasteiger partial charge in [0.05, 0.1) is 12.6 Å². The van der Waals surface area contributed by atoms with Gasteiger partial charge in [-0.05, 0) is 39.2 Å². The van der Waals surface area contributed by atoms with Crippen molar-refractivity contribution in [2.75, 3.05) is 13.7 Å². The number of nitrogens with zero attached hydrogens (tertiary/aromatic N) is 2. The highest BCUT2D eigenvalue weighted by Crippen LogP contribution is 2.24. The van der Waals surface area contributed by atoms with Gasteiger partial charge in [-0.15, -0.1) is 0 Å². The predicted octanol–water partition coefficient (Wildman–Crippen LogP) is 2.89. The van der Waals surface area contributed by atoms with Crippen molar-refractivity contribution in [1.29, 1.82) is 0 Å². The van der Waals surface area contributed by atoms with Crippen LogP contribution in [-0.4, -0.2) is 46.8 Å². The third-order valence-electron chi connectivity index (χ3n) is 4.58. The molecule has 25 heavy (non-hydrogen) atoms. The number of hydrogen-bond donors (Lipinski definition) is 0. The van der Waals surface area contributed by atoms with Gasteiger partial charge in [-0.1, -0.05) is 13.8 Å². The molecule has 1 aromatic rings. The second kappa shape index (κ2) is 8.32. The molecule has 1 aromatic heterocycles. The van der Waals surface area contributed by atoms with Gasteiger partial charge in [0, 0.05) is 31.8 Å². The van der Waals surface area contributed by atoms with E-state index in [1.807, 2.05) is 13.8 Å². The quantitative estimate of drug-likeness (QED) is 0.560. The van der Waals surface area contributed by atoms with Crippen LogP contribution in [0.5, 0.6) is 0 Å². The number of ketones is 1. The Hall–Kier alpha value is -2.11. The zero-order chi connectivity index (χ0) is 19.5.